The Morgan fingerprint density at radius 2 is 1.89 bits per heavy atom. The van der Waals surface area contributed by atoms with E-state index in [0.29, 0.717) is 0 Å². The van der Waals surface area contributed by atoms with Crippen LogP contribution in [0.2, 0.25) is 0 Å². The predicted molar refractivity (Wildman–Crippen MR) is 96.9 cm³/mol. The zero-order chi connectivity index (χ0) is 19.8. The van der Waals surface area contributed by atoms with E-state index in [2.05, 4.69) is 0 Å². The smallest absolute Gasteiger partial charge is 0.316 e. The predicted octanol–water partition coefficient (Wildman–Crippen LogP) is 3.39. The SMILES string of the molecule is COC(=O)[C@]12C=C(OC)C(=O)C[C@@H](c3ccc([N+](=O)[O-])cc3)[C@@H]1CC[C@@H]2C. The molecule has 0 saturated heterocycles. The molecule has 0 amide bonds. The lowest BCUT2D eigenvalue weighted by Gasteiger charge is -2.36. The fraction of sp³-hybridized carbons (Fsp3) is 0.500. The second kappa shape index (κ2) is 7.13. The molecule has 0 bridgehead atoms. The number of ketones is 1. The van der Waals surface area contributed by atoms with Crippen molar-refractivity contribution < 1.29 is 24.0 Å². The first-order valence-electron chi connectivity index (χ1n) is 8.98. The molecule has 0 unspecified atom stereocenters. The van der Waals surface area contributed by atoms with Gasteiger partial charge in [-0.3, -0.25) is 19.7 Å². The van der Waals surface area contributed by atoms with Crippen molar-refractivity contribution in [1.82, 2.24) is 0 Å². The lowest BCUT2D eigenvalue weighted by Crippen LogP contribution is -2.40. The molecule has 144 valence electrons. The zero-order valence-electron chi connectivity index (χ0n) is 15.6. The second-order valence-electron chi connectivity index (χ2n) is 7.30. The molecular formula is C20H23NO6. The molecule has 1 fully saturated rings. The van der Waals surface area contributed by atoms with Crippen molar-refractivity contribution in [3.63, 3.8) is 0 Å². The summed E-state index contributed by atoms with van der Waals surface area (Å²) in [7, 11) is 2.78. The number of esters is 1. The third kappa shape index (κ3) is 3.01. The Kier molecular flexibility index (Phi) is 5.04. The van der Waals surface area contributed by atoms with Crippen LogP contribution in [0.5, 0.6) is 0 Å². The van der Waals surface area contributed by atoms with Gasteiger partial charge in [-0.25, -0.2) is 0 Å². The summed E-state index contributed by atoms with van der Waals surface area (Å²) in [5.74, 6) is -0.751. The number of carbonyl (C=O) groups excluding carboxylic acids is 2. The fourth-order valence-corrected chi connectivity index (χ4v) is 4.75. The number of nitrogens with zero attached hydrogens (tertiary/aromatic N) is 1. The molecule has 2 aliphatic rings. The highest BCUT2D eigenvalue weighted by molar-refractivity contribution is 5.96. The Morgan fingerprint density at radius 3 is 2.44 bits per heavy atom. The Balaban J connectivity index is 2.13. The first-order valence-corrected chi connectivity index (χ1v) is 8.98. The third-order valence-corrected chi connectivity index (χ3v) is 6.17. The monoisotopic (exact) mass is 373 g/mol. The highest BCUT2D eigenvalue weighted by Crippen LogP contribution is 2.57. The van der Waals surface area contributed by atoms with Crippen LogP contribution in [-0.4, -0.2) is 30.9 Å². The highest BCUT2D eigenvalue weighted by Gasteiger charge is 2.58. The van der Waals surface area contributed by atoms with Gasteiger partial charge in [0, 0.05) is 18.6 Å². The van der Waals surface area contributed by atoms with Crippen molar-refractivity contribution in [3.05, 3.63) is 51.8 Å². The maximum Gasteiger partial charge on any atom is 0.316 e. The van der Waals surface area contributed by atoms with E-state index in [9.17, 15) is 19.7 Å². The summed E-state index contributed by atoms with van der Waals surface area (Å²) < 4.78 is 10.5. The summed E-state index contributed by atoms with van der Waals surface area (Å²) >= 11 is 0. The fourth-order valence-electron chi connectivity index (χ4n) is 4.75. The number of ether oxygens (including phenoxy) is 2. The number of nitro groups is 1. The number of hydrogen-bond donors (Lipinski definition) is 0. The van der Waals surface area contributed by atoms with E-state index in [1.807, 2.05) is 6.92 Å². The van der Waals surface area contributed by atoms with Gasteiger partial charge in [0.05, 0.1) is 24.6 Å². The van der Waals surface area contributed by atoms with E-state index in [1.54, 1.807) is 18.2 Å². The number of Topliss-reactive ketones (excluding diaryl/α,β-unsaturated/α-hetero) is 1. The number of methoxy groups -OCH3 is 2. The molecule has 4 atom stereocenters. The van der Waals surface area contributed by atoms with E-state index < -0.39 is 10.3 Å². The minimum atomic E-state index is -0.946. The topological polar surface area (TPSA) is 95.7 Å². The van der Waals surface area contributed by atoms with Crippen LogP contribution >= 0.6 is 0 Å². The lowest BCUT2D eigenvalue weighted by molar-refractivity contribution is -0.384. The summed E-state index contributed by atoms with van der Waals surface area (Å²) in [5.41, 5.74) is -0.140. The molecular weight excluding hydrogens is 350 g/mol. The molecule has 3 rings (SSSR count). The Morgan fingerprint density at radius 1 is 1.22 bits per heavy atom. The molecule has 1 saturated carbocycles. The Labute approximate surface area is 157 Å². The van der Waals surface area contributed by atoms with Crippen LogP contribution in [-0.2, 0) is 19.1 Å². The van der Waals surface area contributed by atoms with Crippen molar-refractivity contribution in [3.8, 4) is 0 Å². The van der Waals surface area contributed by atoms with Crippen LogP contribution in [0.15, 0.2) is 36.1 Å². The molecule has 0 aliphatic heterocycles. The minimum Gasteiger partial charge on any atom is -0.493 e. The minimum absolute atomic E-state index is 0.00609. The van der Waals surface area contributed by atoms with Crippen LogP contribution < -0.4 is 0 Å². The van der Waals surface area contributed by atoms with E-state index >= 15 is 0 Å². The third-order valence-electron chi connectivity index (χ3n) is 6.17. The van der Waals surface area contributed by atoms with Gasteiger partial charge < -0.3 is 9.47 Å². The molecule has 0 radical (unpaired) electrons. The quantitative estimate of drug-likeness (QED) is 0.456. The van der Waals surface area contributed by atoms with Crippen LogP contribution in [0.3, 0.4) is 0 Å². The van der Waals surface area contributed by atoms with Crippen molar-refractivity contribution >= 4 is 17.4 Å². The number of benzene rings is 1. The van der Waals surface area contributed by atoms with Gasteiger partial charge in [-0.1, -0.05) is 19.1 Å². The standard InChI is InChI=1S/C20H23NO6/c1-12-4-9-16-15(13-5-7-14(8-6-13)21(24)25)10-17(22)18(26-2)11-20(12,16)19(23)27-3/h5-8,11-12,15-16H,4,9-10H2,1-3H3/t12-,15-,16-,20-/m0/s1. The number of carbonyl (C=O) groups is 2. The molecule has 0 N–H and O–H groups in total. The van der Waals surface area contributed by atoms with Crippen LogP contribution in [0.25, 0.3) is 0 Å². The summed E-state index contributed by atoms with van der Waals surface area (Å²) in [6.07, 6.45) is 3.44. The number of allylic oxidation sites excluding steroid dienone is 1. The average Bonchev–Trinajstić information content (AvgIpc) is 2.93. The number of fused-ring (bicyclic) bond motifs is 1. The van der Waals surface area contributed by atoms with Crippen molar-refractivity contribution in [2.75, 3.05) is 14.2 Å². The normalized spacial score (nSPS) is 30.1. The van der Waals surface area contributed by atoms with Gasteiger partial charge >= 0.3 is 5.97 Å². The number of rotatable bonds is 4. The maximum absolute atomic E-state index is 12.9. The zero-order valence-corrected chi connectivity index (χ0v) is 15.6. The Bertz CT molecular complexity index is 799. The van der Waals surface area contributed by atoms with Gasteiger partial charge in [-0.15, -0.1) is 0 Å². The summed E-state index contributed by atoms with van der Waals surface area (Å²) in [6, 6.07) is 6.24. The summed E-state index contributed by atoms with van der Waals surface area (Å²) in [4.78, 5) is 36.1. The van der Waals surface area contributed by atoms with Gasteiger partial charge in [-0.2, -0.15) is 0 Å². The van der Waals surface area contributed by atoms with Gasteiger partial charge in [0.1, 0.15) is 0 Å². The molecule has 27 heavy (non-hydrogen) atoms. The summed E-state index contributed by atoms with van der Waals surface area (Å²) in [6.45, 7) is 1.99. The number of nitro benzene ring substituents is 1. The number of non-ortho nitro benzene ring substituents is 1. The number of hydrogen-bond acceptors (Lipinski definition) is 6. The van der Waals surface area contributed by atoms with Gasteiger partial charge in [0.25, 0.3) is 5.69 Å². The molecule has 7 nitrogen and oxygen atoms in total. The molecule has 0 aromatic heterocycles. The highest BCUT2D eigenvalue weighted by atomic mass is 16.6. The largest absolute Gasteiger partial charge is 0.493 e. The molecule has 1 aromatic carbocycles. The van der Waals surface area contributed by atoms with Crippen molar-refractivity contribution in [2.45, 2.75) is 32.1 Å². The first-order chi connectivity index (χ1) is 12.8. The van der Waals surface area contributed by atoms with Crippen molar-refractivity contribution in [1.29, 1.82) is 0 Å². The van der Waals surface area contributed by atoms with Crippen LogP contribution in [0.4, 0.5) is 5.69 Å². The molecule has 0 spiro atoms. The molecule has 0 heterocycles. The van der Waals surface area contributed by atoms with Crippen LogP contribution in [0.1, 0.15) is 37.7 Å². The summed E-state index contributed by atoms with van der Waals surface area (Å²) in [5, 5.41) is 10.9. The van der Waals surface area contributed by atoms with Crippen LogP contribution in [0, 0.1) is 27.4 Å². The van der Waals surface area contributed by atoms with E-state index in [0.717, 1.165) is 18.4 Å². The van der Waals surface area contributed by atoms with E-state index in [-0.39, 0.29) is 47.4 Å². The lowest BCUT2D eigenvalue weighted by atomic mass is 9.66. The van der Waals surface area contributed by atoms with Gasteiger partial charge in [0.2, 0.25) is 0 Å². The molecule has 2 aliphatic carbocycles. The Hall–Kier alpha value is -2.70. The van der Waals surface area contributed by atoms with Gasteiger partial charge in [0.15, 0.2) is 11.5 Å². The van der Waals surface area contributed by atoms with Gasteiger partial charge in [-0.05, 0) is 42.2 Å². The van der Waals surface area contributed by atoms with E-state index in [4.69, 9.17) is 9.47 Å². The molecule has 1 aromatic rings. The molecule has 7 heteroatoms. The maximum atomic E-state index is 12.9. The average molecular weight is 373 g/mol. The second-order valence-corrected chi connectivity index (χ2v) is 7.30. The first kappa shape index (κ1) is 19.1. The van der Waals surface area contributed by atoms with Crippen molar-refractivity contribution in [2.24, 2.45) is 17.3 Å². The van der Waals surface area contributed by atoms with E-state index in [1.165, 1.54) is 26.4 Å².